The summed E-state index contributed by atoms with van der Waals surface area (Å²) in [7, 11) is 1.42. The van der Waals surface area contributed by atoms with Crippen molar-refractivity contribution in [2.75, 3.05) is 19.0 Å². The largest absolute Gasteiger partial charge is 0.381 e. The van der Waals surface area contributed by atoms with Gasteiger partial charge in [-0.15, -0.1) is 0 Å². The average Bonchev–Trinajstić information content (AvgIpc) is 2.22. The molecule has 0 spiro atoms. The molecule has 0 aromatic carbocycles. The lowest BCUT2D eigenvalue weighted by Crippen LogP contribution is -2.31. The second-order valence-corrected chi connectivity index (χ2v) is 3.18. The molecule has 0 aliphatic heterocycles. The Kier molecular flexibility index (Phi) is 4.20. The molecule has 82 valence electrons. The van der Waals surface area contributed by atoms with E-state index in [0.717, 1.165) is 5.56 Å². The van der Waals surface area contributed by atoms with E-state index in [4.69, 9.17) is 0 Å². The number of carbonyl (C=O) groups excluding carboxylic acids is 1. The average molecular weight is 210 g/mol. The van der Waals surface area contributed by atoms with Gasteiger partial charge in [0.15, 0.2) is 6.10 Å². The molecule has 1 aromatic heterocycles. The van der Waals surface area contributed by atoms with Gasteiger partial charge in [0, 0.05) is 13.3 Å². The molecule has 0 aliphatic rings. The zero-order chi connectivity index (χ0) is 11.3. The number of hydrogen-bond donors (Lipinski definition) is 2. The summed E-state index contributed by atoms with van der Waals surface area (Å²) in [6, 6.07) is 3.50. The van der Waals surface area contributed by atoms with E-state index in [1.54, 1.807) is 12.3 Å². The van der Waals surface area contributed by atoms with Gasteiger partial charge < -0.3 is 15.2 Å². The molecular weight excluding hydrogens is 196 g/mol. The minimum absolute atomic E-state index is 0.0301. The van der Waals surface area contributed by atoms with E-state index in [2.05, 4.69) is 15.0 Å². The highest BCUT2D eigenvalue weighted by Crippen LogP contribution is 2.04. The fraction of sp³-hybridized carbons (Fsp3) is 0.400. The Morgan fingerprint density at radius 3 is 2.93 bits per heavy atom. The summed E-state index contributed by atoms with van der Waals surface area (Å²) < 4.78 is 4.65. The summed E-state index contributed by atoms with van der Waals surface area (Å²) in [5.41, 5.74) is 1.01. The molecule has 0 aliphatic carbocycles. The van der Waals surface area contributed by atoms with Crippen molar-refractivity contribution in [1.82, 2.24) is 4.98 Å². The highest BCUT2D eigenvalue weighted by atomic mass is 16.5. The van der Waals surface area contributed by atoms with Crippen LogP contribution >= 0.6 is 0 Å². The van der Waals surface area contributed by atoms with E-state index in [-0.39, 0.29) is 6.61 Å². The van der Waals surface area contributed by atoms with E-state index in [1.807, 2.05) is 13.0 Å². The molecule has 2 N–H and O–H groups in total. The highest BCUT2D eigenvalue weighted by molar-refractivity contribution is 5.93. The van der Waals surface area contributed by atoms with E-state index in [0.29, 0.717) is 5.82 Å². The molecule has 5 heteroatoms. The molecule has 0 fully saturated rings. The van der Waals surface area contributed by atoms with Gasteiger partial charge in [-0.3, -0.25) is 4.79 Å². The van der Waals surface area contributed by atoms with Crippen LogP contribution in [0.5, 0.6) is 0 Å². The maximum absolute atomic E-state index is 11.3. The Balaban J connectivity index is 2.54. The van der Waals surface area contributed by atoms with Crippen LogP contribution in [0.3, 0.4) is 0 Å². The van der Waals surface area contributed by atoms with Crippen molar-refractivity contribution < 1.29 is 14.6 Å². The number of carbonyl (C=O) groups is 1. The van der Waals surface area contributed by atoms with E-state index >= 15 is 0 Å². The van der Waals surface area contributed by atoms with Gasteiger partial charge in [0.1, 0.15) is 5.82 Å². The molecule has 0 bridgehead atoms. The summed E-state index contributed by atoms with van der Waals surface area (Å²) in [4.78, 5) is 15.3. The van der Waals surface area contributed by atoms with Crippen LogP contribution in [0.4, 0.5) is 5.82 Å². The highest BCUT2D eigenvalue weighted by Gasteiger charge is 2.14. The van der Waals surface area contributed by atoms with Crippen LogP contribution in [0, 0.1) is 6.92 Å². The van der Waals surface area contributed by atoms with Gasteiger partial charge in [0.2, 0.25) is 0 Å². The van der Waals surface area contributed by atoms with Crippen LogP contribution in [0.15, 0.2) is 18.3 Å². The molecule has 1 atom stereocenters. The predicted octanol–water partition coefficient (Wildman–Crippen LogP) is 0.336. The van der Waals surface area contributed by atoms with Gasteiger partial charge >= 0.3 is 0 Å². The van der Waals surface area contributed by atoms with Crippen molar-refractivity contribution in [3.8, 4) is 0 Å². The van der Waals surface area contributed by atoms with Crippen molar-refractivity contribution in [3.63, 3.8) is 0 Å². The van der Waals surface area contributed by atoms with E-state index < -0.39 is 12.0 Å². The Morgan fingerprint density at radius 2 is 2.40 bits per heavy atom. The Hall–Kier alpha value is -1.46. The third-order valence-corrected chi connectivity index (χ3v) is 1.79. The molecule has 5 nitrogen and oxygen atoms in total. The first-order valence-electron chi connectivity index (χ1n) is 4.54. The van der Waals surface area contributed by atoms with Crippen molar-refractivity contribution in [2.24, 2.45) is 0 Å². The molecular formula is C10H14N2O3. The number of amides is 1. The molecule has 1 rings (SSSR count). The molecule has 15 heavy (non-hydrogen) atoms. The number of pyridine rings is 1. The lowest BCUT2D eigenvalue weighted by molar-refractivity contribution is -0.126. The summed E-state index contributed by atoms with van der Waals surface area (Å²) in [5.74, 6) is -0.103. The van der Waals surface area contributed by atoms with Gasteiger partial charge in [-0.25, -0.2) is 4.98 Å². The van der Waals surface area contributed by atoms with Crippen molar-refractivity contribution in [1.29, 1.82) is 0 Å². The first-order valence-corrected chi connectivity index (χ1v) is 4.54. The summed E-state index contributed by atoms with van der Waals surface area (Å²) >= 11 is 0. The monoisotopic (exact) mass is 210 g/mol. The molecule has 0 radical (unpaired) electrons. The second-order valence-electron chi connectivity index (χ2n) is 3.18. The van der Waals surface area contributed by atoms with Crippen molar-refractivity contribution in [3.05, 3.63) is 23.9 Å². The third kappa shape index (κ3) is 3.65. The first kappa shape index (κ1) is 11.6. The summed E-state index contributed by atoms with van der Waals surface area (Å²) in [6.45, 7) is 1.87. The number of ether oxygens (including phenoxy) is 1. The van der Waals surface area contributed by atoms with Crippen LogP contribution < -0.4 is 5.32 Å². The molecule has 0 saturated carbocycles. The van der Waals surface area contributed by atoms with Crippen LogP contribution in [0.1, 0.15) is 5.56 Å². The van der Waals surface area contributed by atoms with Crippen molar-refractivity contribution >= 4 is 11.7 Å². The van der Waals surface area contributed by atoms with Gasteiger partial charge in [0.25, 0.3) is 5.91 Å². The molecule has 1 aromatic rings. The van der Waals surface area contributed by atoms with Gasteiger partial charge in [-0.2, -0.15) is 0 Å². The van der Waals surface area contributed by atoms with Crippen LogP contribution in [-0.2, 0) is 9.53 Å². The van der Waals surface area contributed by atoms with Gasteiger partial charge in [0.05, 0.1) is 6.61 Å². The SMILES string of the molecule is COC[C@H](O)C(=O)Nc1ccc(C)cn1. The number of nitrogens with zero attached hydrogens (tertiary/aromatic N) is 1. The number of rotatable bonds is 4. The number of nitrogens with one attached hydrogen (secondary N) is 1. The lowest BCUT2D eigenvalue weighted by Gasteiger charge is -2.09. The van der Waals surface area contributed by atoms with Crippen LogP contribution in [0.25, 0.3) is 0 Å². The maximum Gasteiger partial charge on any atom is 0.256 e. The normalized spacial score (nSPS) is 12.2. The molecule has 1 heterocycles. The van der Waals surface area contributed by atoms with Gasteiger partial charge in [-0.1, -0.05) is 6.07 Å². The minimum atomic E-state index is -1.17. The third-order valence-electron chi connectivity index (χ3n) is 1.79. The number of aryl methyl sites for hydroxylation is 1. The maximum atomic E-state index is 11.3. The number of aliphatic hydroxyl groups is 1. The number of aromatic nitrogens is 1. The Bertz CT molecular complexity index is 324. The number of aliphatic hydroxyl groups excluding tert-OH is 1. The summed E-state index contributed by atoms with van der Waals surface area (Å²) in [5, 5.41) is 11.7. The van der Waals surface area contributed by atoms with E-state index in [9.17, 15) is 9.90 Å². The lowest BCUT2D eigenvalue weighted by atomic mass is 10.3. The fourth-order valence-electron chi connectivity index (χ4n) is 0.985. The Morgan fingerprint density at radius 1 is 1.67 bits per heavy atom. The molecule has 0 saturated heterocycles. The molecule has 1 amide bonds. The topological polar surface area (TPSA) is 71.5 Å². The number of anilines is 1. The van der Waals surface area contributed by atoms with Gasteiger partial charge in [-0.05, 0) is 18.6 Å². The number of hydrogen-bond acceptors (Lipinski definition) is 4. The first-order chi connectivity index (χ1) is 7.13. The predicted molar refractivity (Wildman–Crippen MR) is 55.5 cm³/mol. The minimum Gasteiger partial charge on any atom is -0.381 e. The number of methoxy groups -OCH3 is 1. The fourth-order valence-corrected chi connectivity index (χ4v) is 0.985. The van der Waals surface area contributed by atoms with Crippen LogP contribution in [-0.4, -0.2) is 35.8 Å². The quantitative estimate of drug-likeness (QED) is 0.751. The van der Waals surface area contributed by atoms with Crippen LogP contribution in [0.2, 0.25) is 0 Å². The van der Waals surface area contributed by atoms with E-state index in [1.165, 1.54) is 7.11 Å². The standard InChI is InChI=1S/C10H14N2O3/c1-7-3-4-9(11-5-7)12-10(14)8(13)6-15-2/h3-5,8,13H,6H2,1-2H3,(H,11,12,14)/t8-/m0/s1. The van der Waals surface area contributed by atoms with Crippen molar-refractivity contribution in [2.45, 2.75) is 13.0 Å². The zero-order valence-corrected chi connectivity index (χ0v) is 8.73. The molecule has 0 unspecified atom stereocenters. The zero-order valence-electron chi connectivity index (χ0n) is 8.73. The smallest absolute Gasteiger partial charge is 0.256 e. The Labute approximate surface area is 88.1 Å². The second kappa shape index (κ2) is 5.43. The summed E-state index contributed by atoms with van der Waals surface area (Å²) in [6.07, 6.45) is 0.469.